The van der Waals surface area contributed by atoms with Crippen molar-refractivity contribution in [2.75, 3.05) is 55.9 Å². The molecule has 0 atom stereocenters. The summed E-state index contributed by atoms with van der Waals surface area (Å²) in [5, 5.41) is 24.9. The minimum Gasteiger partial charge on any atom is -0.478 e. The molecule has 0 heterocycles. The van der Waals surface area contributed by atoms with Crippen molar-refractivity contribution in [3.63, 3.8) is 0 Å². The van der Waals surface area contributed by atoms with Crippen LogP contribution in [0.1, 0.15) is 202 Å². The molecule has 0 bridgehead atoms. The van der Waals surface area contributed by atoms with Crippen molar-refractivity contribution in [3.8, 4) is 5.75 Å². The van der Waals surface area contributed by atoms with E-state index in [-0.39, 0.29) is 22.5 Å². The topological polar surface area (TPSA) is 164 Å². The monoisotopic (exact) mass is 2010 g/mol. The predicted octanol–water partition coefficient (Wildman–Crippen LogP) is 28.2. The summed E-state index contributed by atoms with van der Waals surface area (Å²) in [6.45, 7) is 29.4. The van der Waals surface area contributed by atoms with Gasteiger partial charge < -0.3 is 35.2 Å². The first-order chi connectivity index (χ1) is 67.9. The number of aromatic carboxylic acids is 2. The molecular weight excluding hydrogens is 1890 g/mol. The zero-order valence-electron chi connectivity index (χ0n) is 82.5. The normalized spacial score (nSPS) is 11.7. The van der Waals surface area contributed by atoms with E-state index in [2.05, 4.69) is 143 Å². The largest absolute Gasteiger partial charge is 0.478 e. The van der Waals surface area contributed by atoms with Crippen LogP contribution in [0.25, 0.3) is 0 Å². The van der Waals surface area contributed by atoms with Gasteiger partial charge in [-0.3, -0.25) is 24.3 Å². The van der Waals surface area contributed by atoms with Crippen LogP contribution < -0.4 is 20.3 Å². The Kier molecular flexibility index (Phi) is 45.1. The molecule has 0 unspecified atom stereocenters. The number of rotatable bonds is 46. The highest BCUT2D eigenvalue weighted by Gasteiger charge is 2.35. The van der Waals surface area contributed by atoms with Crippen molar-refractivity contribution in [1.82, 2.24) is 25.3 Å². The number of nitrogens with zero attached hydrogens (tertiary/aromatic N) is 4. The first-order valence-electron chi connectivity index (χ1n) is 47.4. The smallest absolute Gasteiger partial charge is 0.416 e. The van der Waals surface area contributed by atoms with Crippen molar-refractivity contribution in [1.29, 1.82) is 0 Å². The number of carboxylic acids is 2. The van der Waals surface area contributed by atoms with Crippen molar-refractivity contribution < 1.29 is 91.5 Å². The van der Waals surface area contributed by atoms with Crippen molar-refractivity contribution in [2.24, 2.45) is 0 Å². The van der Waals surface area contributed by atoms with Crippen LogP contribution in [0.3, 0.4) is 0 Å². The number of carbonyl (C=O) groups is 4. The van der Waals surface area contributed by atoms with E-state index in [9.17, 15) is 71.9 Å². The minimum atomic E-state index is -4.39. The summed E-state index contributed by atoms with van der Waals surface area (Å²) in [6, 6.07) is 79.0. The van der Waals surface area contributed by atoms with E-state index in [0.717, 1.165) is 121 Å². The molecule has 0 radical (unpaired) electrons. The fourth-order valence-corrected chi connectivity index (χ4v) is 17.6. The van der Waals surface area contributed by atoms with Crippen LogP contribution in [0.2, 0.25) is 0 Å². The predicted molar refractivity (Wildman–Crippen MR) is 547 cm³/mol. The van der Waals surface area contributed by atoms with E-state index in [1.54, 1.807) is 112 Å². The van der Waals surface area contributed by atoms with Crippen molar-refractivity contribution >= 4 is 54.1 Å². The Labute approximate surface area is 841 Å². The van der Waals surface area contributed by atoms with Gasteiger partial charge in [0.25, 0.3) is 12.9 Å². The number of carboxylic acid groups (broad SMARTS) is 2. The third kappa shape index (κ3) is 42.1. The zero-order chi connectivity index (χ0) is 104. The molecule has 12 aromatic carbocycles. The van der Waals surface area contributed by atoms with Crippen LogP contribution >= 0.6 is 23.5 Å². The van der Waals surface area contributed by atoms with Gasteiger partial charge in [0.15, 0.2) is 0 Å². The van der Waals surface area contributed by atoms with E-state index in [1.165, 1.54) is 87.6 Å². The quantitative estimate of drug-likeness (QED) is 0.00936. The highest BCUT2D eigenvalue weighted by atomic mass is 32.2. The standard InChI is InChI=1S/C32H38F3NO2.C28H31F3N2O2S.C28H31F3N2O2.C27H28F3NO2S/c1-24-18-27(20-29(19-24)32(33,34)35)22-36(21-26-11-15-30(16-12-26)38-23-37)17-7-5-6-8-25-9-13-28(14-10-25)31(2,3)4;1-21-4-6-23(7-5-21)17-32-12-3-13-33(26-8-10-27(11-9-26)36-20-35-19-34)18-24-14-22(2)15-25(16-24)28(29,30)31;1-20-4-6-23(7-5-20)18-33(19-24-14-21(2)15-26(16-24)28(29,30)31)13-3-12-32-17-22-8-10-25(11-9-22)27(34)35;1-19-3-5-22(6-4-19)18-34-12-11-31(16-21-7-9-24(10-8-21)26(32)33)17-23-13-20(2)14-25(15-23)27(28,29)30/h9-16,18-20,23H,5-8,17,21-22H2,1-4H3;4-11,14-16,19,32H,3,12-13,17-18,20H2,1-2H3;4-11,14-16,32H,3,12-13,17-19H2,1-2H3,(H,34,35);3-10,13-15H,11-12,16-18H2,1-2H3,(H,32,33). The van der Waals surface area contributed by atoms with E-state index >= 15 is 0 Å². The van der Waals surface area contributed by atoms with Crippen LogP contribution in [0.5, 0.6) is 5.75 Å². The maximum Gasteiger partial charge on any atom is 0.416 e. The number of carbonyl (C=O) groups excluding carboxylic acids is 2. The molecule has 0 aliphatic rings. The summed E-state index contributed by atoms with van der Waals surface area (Å²) in [5.41, 5.74) is 16.6. The van der Waals surface area contributed by atoms with Crippen molar-refractivity contribution in [3.05, 3.63) is 406 Å². The maximum atomic E-state index is 13.4. The number of ether oxygens (including phenoxy) is 2. The second-order valence-corrected chi connectivity index (χ2v) is 39.2. The number of unbranched alkanes of at least 4 members (excludes halogenated alkanes) is 2. The van der Waals surface area contributed by atoms with Gasteiger partial charge in [0, 0.05) is 101 Å². The first-order valence-corrected chi connectivity index (χ1v) is 49.5. The molecule has 12 aromatic rings. The lowest BCUT2D eigenvalue weighted by atomic mass is 9.86. The van der Waals surface area contributed by atoms with Gasteiger partial charge in [-0.25, -0.2) is 9.59 Å². The van der Waals surface area contributed by atoms with Crippen LogP contribution in [0.15, 0.2) is 272 Å². The Bertz CT molecular complexity index is 5930. The van der Waals surface area contributed by atoms with Gasteiger partial charge in [-0.05, 0) is 282 Å². The number of halogens is 12. The molecule has 4 N–H and O–H groups in total. The van der Waals surface area contributed by atoms with Crippen molar-refractivity contribution in [2.45, 2.75) is 207 Å². The Morgan fingerprint density at radius 2 is 0.692 bits per heavy atom. The summed E-state index contributed by atoms with van der Waals surface area (Å²) < 4.78 is 170. The van der Waals surface area contributed by atoms with Gasteiger partial charge in [-0.2, -0.15) is 64.4 Å². The molecule has 762 valence electrons. The van der Waals surface area contributed by atoms with E-state index in [4.69, 9.17) is 19.7 Å². The Morgan fingerprint density at radius 3 is 1.08 bits per heavy atom. The highest BCUT2D eigenvalue weighted by molar-refractivity contribution is 7.99. The molecule has 0 aliphatic heterocycles. The van der Waals surface area contributed by atoms with Gasteiger partial charge >= 0.3 is 36.6 Å². The Hall–Kier alpha value is -12.0. The number of thioether (sulfide) groups is 2. The Morgan fingerprint density at radius 1 is 0.343 bits per heavy atom. The van der Waals surface area contributed by atoms with Crippen LogP contribution in [0, 0.1) is 48.5 Å². The fourth-order valence-electron chi connectivity index (χ4n) is 16.1. The van der Waals surface area contributed by atoms with Gasteiger partial charge in [0.2, 0.25) is 0 Å². The molecule has 143 heavy (non-hydrogen) atoms. The summed E-state index contributed by atoms with van der Waals surface area (Å²) in [5.74, 6) is 0.426. The number of hydrogen-bond acceptors (Lipinski definition) is 14. The molecule has 0 spiro atoms. The second-order valence-electron chi connectivity index (χ2n) is 37.1. The van der Waals surface area contributed by atoms with Gasteiger partial charge in [-0.15, -0.1) is 0 Å². The molecule has 14 nitrogen and oxygen atoms in total. The molecule has 0 saturated heterocycles. The average molecular weight is 2010 g/mol. The number of benzene rings is 12. The molecule has 0 saturated carbocycles. The van der Waals surface area contributed by atoms with E-state index in [0.29, 0.717) is 135 Å². The lowest BCUT2D eigenvalue weighted by Crippen LogP contribution is -2.27. The fraction of sp³-hybridized carbons (Fsp3) is 0.339. The Balaban J connectivity index is 0.000000213. The lowest BCUT2D eigenvalue weighted by Gasteiger charge is -2.26. The third-order valence-electron chi connectivity index (χ3n) is 23.5. The summed E-state index contributed by atoms with van der Waals surface area (Å²) >= 11 is 3.17. The van der Waals surface area contributed by atoms with Gasteiger partial charge in [-0.1, -0.05) is 236 Å². The van der Waals surface area contributed by atoms with Crippen LogP contribution in [-0.2, 0) is 116 Å². The molecule has 0 amide bonds. The van der Waals surface area contributed by atoms with E-state index in [1.807, 2.05) is 74.5 Å². The van der Waals surface area contributed by atoms with E-state index < -0.39 is 58.9 Å². The lowest BCUT2D eigenvalue weighted by molar-refractivity contribution is -0.138. The molecule has 0 aliphatic carbocycles. The number of nitrogens with one attached hydrogen (secondary N) is 2. The molecule has 28 heteroatoms. The first kappa shape index (κ1) is 115. The third-order valence-corrected chi connectivity index (χ3v) is 25.3. The average Bonchev–Trinajstić information content (AvgIpc) is 0.830. The number of alkyl halides is 12. The number of anilines is 1. The molecule has 0 aromatic heterocycles. The number of hydrogen-bond donors (Lipinski definition) is 4. The summed E-state index contributed by atoms with van der Waals surface area (Å²) in [4.78, 5) is 52.5. The zero-order valence-corrected chi connectivity index (χ0v) is 84.1. The SMILES string of the molecule is Cc1cc(CN(CCCCCc2ccc(C(C)(C)C)cc2)Cc2ccc(OC=O)cc2)cc(C(F)(F)F)c1.Cc1ccc(CN(CCCNCc2ccc(C(=O)O)cc2)Cc2cc(C)cc(C(F)(F)F)c2)cc1.Cc1ccc(CNCCCN(Cc2cc(C)cc(C(F)(F)F)c2)c2ccc(SCOC=O)cc2)cc1.Cc1ccc(CSCCN(Cc2ccc(C(=O)O)cc2)Cc2cc(C)cc(C(F)(F)F)c2)cc1. The highest BCUT2D eigenvalue weighted by Crippen LogP contribution is 2.37. The molecular formula is C115H128F12N6O8S2. The number of aryl methyl sites for hydroxylation is 8. The summed E-state index contributed by atoms with van der Waals surface area (Å²) in [6.07, 6.45) is -11.8. The molecule has 12 rings (SSSR count). The minimum absolute atomic E-state index is 0.141. The maximum absolute atomic E-state index is 13.4. The summed E-state index contributed by atoms with van der Waals surface area (Å²) in [7, 11) is 0. The second kappa shape index (κ2) is 56.3. The molecule has 0 fully saturated rings. The van der Waals surface area contributed by atoms with Crippen LogP contribution in [0.4, 0.5) is 58.4 Å². The van der Waals surface area contributed by atoms with Crippen LogP contribution in [-0.4, -0.2) is 101 Å². The van der Waals surface area contributed by atoms with Gasteiger partial charge in [0.05, 0.1) is 33.4 Å². The van der Waals surface area contributed by atoms with Gasteiger partial charge in [0.1, 0.15) is 11.7 Å².